The van der Waals surface area contributed by atoms with E-state index < -0.39 is 5.41 Å². The van der Waals surface area contributed by atoms with Gasteiger partial charge < -0.3 is 20.3 Å². The monoisotopic (exact) mass is 375 g/mol. The molecular weight excluding hydrogens is 354 g/mol. The van der Waals surface area contributed by atoms with Gasteiger partial charge >= 0.3 is 0 Å². The Labute approximate surface area is 163 Å². The van der Waals surface area contributed by atoms with Crippen molar-refractivity contribution in [1.29, 1.82) is 0 Å². The van der Waals surface area contributed by atoms with Crippen LogP contribution in [-0.2, 0) is 10.2 Å². The van der Waals surface area contributed by atoms with Crippen molar-refractivity contribution in [2.75, 3.05) is 12.4 Å². The number of benzene rings is 3. The number of rotatable bonds is 5. The molecule has 1 aliphatic rings. The zero-order valence-corrected chi connectivity index (χ0v) is 15.5. The lowest BCUT2D eigenvalue weighted by molar-refractivity contribution is -0.118. The molecule has 1 saturated carbocycles. The summed E-state index contributed by atoms with van der Waals surface area (Å²) in [4.78, 5) is 12.9. The number of phenols is 2. The van der Waals surface area contributed by atoms with E-state index in [4.69, 9.17) is 4.74 Å². The number of hydrogen-bond donors (Lipinski definition) is 3. The van der Waals surface area contributed by atoms with Gasteiger partial charge in [0.2, 0.25) is 5.91 Å². The van der Waals surface area contributed by atoms with E-state index in [2.05, 4.69) is 5.32 Å². The standard InChI is InChI=1S/C23H21NO4/c1-28-21-5-3-2-4-18(21)15-6-9-17(10-7-15)24-22(27)23(12-13-23)16-8-11-19(25)20(26)14-16/h2-11,14,25-26H,12-13H2,1H3,(H,24,27). The van der Waals surface area contributed by atoms with Crippen LogP contribution >= 0.6 is 0 Å². The SMILES string of the molecule is COc1ccccc1-c1ccc(NC(=O)C2(c3ccc(O)c(O)c3)CC2)cc1. The minimum absolute atomic E-state index is 0.109. The van der Waals surface area contributed by atoms with Crippen LogP contribution in [0.5, 0.6) is 17.2 Å². The Morgan fingerprint density at radius 1 is 0.964 bits per heavy atom. The van der Waals surface area contributed by atoms with Crippen molar-refractivity contribution in [2.24, 2.45) is 0 Å². The Morgan fingerprint density at radius 3 is 2.32 bits per heavy atom. The van der Waals surface area contributed by atoms with E-state index >= 15 is 0 Å². The summed E-state index contributed by atoms with van der Waals surface area (Å²) < 4.78 is 5.41. The van der Waals surface area contributed by atoms with Gasteiger partial charge in [0, 0.05) is 11.3 Å². The van der Waals surface area contributed by atoms with E-state index in [9.17, 15) is 15.0 Å². The lowest BCUT2D eigenvalue weighted by atomic mass is 9.94. The number of phenolic OH excluding ortho intramolecular Hbond substituents is 2. The molecule has 0 radical (unpaired) electrons. The molecule has 0 atom stereocenters. The van der Waals surface area contributed by atoms with Gasteiger partial charge in [-0.15, -0.1) is 0 Å². The van der Waals surface area contributed by atoms with Gasteiger partial charge in [-0.25, -0.2) is 0 Å². The number of hydrogen-bond acceptors (Lipinski definition) is 4. The number of methoxy groups -OCH3 is 1. The molecule has 4 rings (SSSR count). The van der Waals surface area contributed by atoms with Gasteiger partial charge in [0.1, 0.15) is 5.75 Å². The number of amides is 1. The molecule has 1 aliphatic carbocycles. The van der Waals surface area contributed by atoms with Crippen LogP contribution in [0.3, 0.4) is 0 Å². The van der Waals surface area contributed by atoms with Crippen LogP contribution in [0, 0.1) is 0 Å². The van der Waals surface area contributed by atoms with Crippen LogP contribution in [0.25, 0.3) is 11.1 Å². The third-order valence-electron chi connectivity index (χ3n) is 5.27. The molecule has 0 heterocycles. The second-order valence-corrected chi connectivity index (χ2v) is 7.02. The van der Waals surface area contributed by atoms with Crippen LogP contribution < -0.4 is 10.1 Å². The number of nitrogens with one attached hydrogen (secondary N) is 1. The number of para-hydroxylation sites is 1. The first kappa shape index (κ1) is 17.9. The largest absolute Gasteiger partial charge is 0.504 e. The zero-order chi connectivity index (χ0) is 19.7. The van der Waals surface area contributed by atoms with Gasteiger partial charge in [0.05, 0.1) is 12.5 Å². The predicted molar refractivity (Wildman–Crippen MR) is 108 cm³/mol. The Balaban J connectivity index is 1.53. The van der Waals surface area contributed by atoms with E-state index in [1.807, 2.05) is 48.5 Å². The minimum atomic E-state index is -0.646. The molecule has 0 aliphatic heterocycles. The fourth-order valence-electron chi connectivity index (χ4n) is 3.46. The maximum atomic E-state index is 12.9. The molecule has 0 spiro atoms. The van der Waals surface area contributed by atoms with Crippen molar-refractivity contribution in [3.05, 3.63) is 72.3 Å². The first-order valence-corrected chi connectivity index (χ1v) is 9.11. The highest BCUT2D eigenvalue weighted by molar-refractivity contribution is 6.01. The van der Waals surface area contributed by atoms with Crippen molar-refractivity contribution < 1.29 is 19.7 Å². The Hall–Kier alpha value is -3.47. The summed E-state index contributed by atoms with van der Waals surface area (Å²) in [5.41, 5.74) is 2.76. The third kappa shape index (κ3) is 3.16. The maximum Gasteiger partial charge on any atom is 0.235 e. The van der Waals surface area contributed by atoms with E-state index in [1.165, 1.54) is 12.1 Å². The number of carbonyl (C=O) groups is 1. The highest BCUT2D eigenvalue weighted by Gasteiger charge is 2.51. The average Bonchev–Trinajstić information content (AvgIpc) is 3.53. The van der Waals surface area contributed by atoms with Gasteiger partial charge in [0.25, 0.3) is 0 Å². The van der Waals surface area contributed by atoms with Crippen molar-refractivity contribution in [3.63, 3.8) is 0 Å². The topological polar surface area (TPSA) is 78.8 Å². The fraction of sp³-hybridized carbons (Fsp3) is 0.174. The Morgan fingerprint density at radius 2 is 1.68 bits per heavy atom. The summed E-state index contributed by atoms with van der Waals surface area (Å²) in [5, 5.41) is 22.2. The molecule has 142 valence electrons. The first-order valence-electron chi connectivity index (χ1n) is 9.11. The lowest BCUT2D eigenvalue weighted by Gasteiger charge is -2.17. The average molecular weight is 375 g/mol. The van der Waals surface area contributed by atoms with Gasteiger partial charge in [0.15, 0.2) is 11.5 Å². The van der Waals surface area contributed by atoms with Crippen LogP contribution in [0.15, 0.2) is 66.7 Å². The molecule has 1 amide bonds. The Kier molecular flexibility index (Phi) is 4.43. The van der Waals surface area contributed by atoms with Crippen molar-refractivity contribution >= 4 is 11.6 Å². The summed E-state index contributed by atoms with van der Waals surface area (Å²) in [6.07, 6.45) is 1.42. The summed E-state index contributed by atoms with van der Waals surface area (Å²) >= 11 is 0. The molecular formula is C23H21NO4. The molecule has 28 heavy (non-hydrogen) atoms. The smallest absolute Gasteiger partial charge is 0.235 e. The Bertz CT molecular complexity index is 1020. The van der Waals surface area contributed by atoms with Crippen LogP contribution in [-0.4, -0.2) is 23.2 Å². The number of aromatic hydroxyl groups is 2. The maximum absolute atomic E-state index is 12.9. The van der Waals surface area contributed by atoms with Gasteiger partial charge in [-0.05, 0) is 54.3 Å². The molecule has 5 heteroatoms. The predicted octanol–water partition coefficient (Wildman–Crippen LogP) is 4.44. The van der Waals surface area contributed by atoms with Crippen LogP contribution in [0.4, 0.5) is 5.69 Å². The molecule has 0 aromatic heterocycles. The lowest BCUT2D eigenvalue weighted by Crippen LogP contribution is -2.27. The molecule has 0 unspecified atom stereocenters. The molecule has 3 N–H and O–H groups in total. The van der Waals surface area contributed by atoms with E-state index in [-0.39, 0.29) is 17.4 Å². The van der Waals surface area contributed by atoms with Gasteiger partial charge in [-0.3, -0.25) is 4.79 Å². The van der Waals surface area contributed by atoms with Crippen molar-refractivity contribution in [2.45, 2.75) is 18.3 Å². The van der Waals surface area contributed by atoms with E-state index in [0.717, 1.165) is 16.9 Å². The van der Waals surface area contributed by atoms with Gasteiger partial charge in [-0.2, -0.15) is 0 Å². The highest BCUT2D eigenvalue weighted by atomic mass is 16.5. The molecule has 3 aromatic carbocycles. The van der Waals surface area contributed by atoms with Gasteiger partial charge in [-0.1, -0.05) is 36.4 Å². The molecule has 3 aromatic rings. The zero-order valence-electron chi connectivity index (χ0n) is 15.5. The van der Waals surface area contributed by atoms with Crippen molar-refractivity contribution in [3.8, 4) is 28.4 Å². The summed E-state index contributed by atoms with van der Waals surface area (Å²) in [7, 11) is 1.64. The summed E-state index contributed by atoms with van der Waals surface area (Å²) in [6.45, 7) is 0. The second-order valence-electron chi connectivity index (χ2n) is 7.02. The number of carbonyl (C=O) groups excluding carboxylic acids is 1. The minimum Gasteiger partial charge on any atom is -0.504 e. The molecule has 5 nitrogen and oxygen atoms in total. The van der Waals surface area contributed by atoms with Crippen molar-refractivity contribution in [1.82, 2.24) is 0 Å². The molecule has 1 fully saturated rings. The highest BCUT2D eigenvalue weighted by Crippen LogP contribution is 2.50. The van der Waals surface area contributed by atoms with Crippen LogP contribution in [0.1, 0.15) is 18.4 Å². The third-order valence-corrected chi connectivity index (χ3v) is 5.27. The summed E-state index contributed by atoms with van der Waals surface area (Å²) in [5.74, 6) is 0.288. The molecule has 0 saturated heterocycles. The second kappa shape index (κ2) is 6.93. The van der Waals surface area contributed by atoms with Crippen LogP contribution in [0.2, 0.25) is 0 Å². The normalized spacial score (nSPS) is 14.3. The molecule has 0 bridgehead atoms. The first-order chi connectivity index (χ1) is 13.5. The quantitative estimate of drug-likeness (QED) is 0.576. The van der Waals surface area contributed by atoms with E-state index in [0.29, 0.717) is 24.1 Å². The van der Waals surface area contributed by atoms with E-state index in [1.54, 1.807) is 13.2 Å². The summed E-state index contributed by atoms with van der Waals surface area (Å²) in [6, 6.07) is 20.0. The fourth-order valence-corrected chi connectivity index (χ4v) is 3.46. The number of anilines is 1. The number of ether oxygens (including phenoxy) is 1.